The van der Waals surface area contributed by atoms with E-state index in [0.717, 1.165) is 24.4 Å². The molecule has 118 valence electrons. The summed E-state index contributed by atoms with van der Waals surface area (Å²) in [6.07, 6.45) is 7.30. The SMILES string of the molecule is CCCNC1CCC(CC)CC1Cc1ccc(F)c(Cl)c1. The summed E-state index contributed by atoms with van der Waals surface area (Å²) in [4.78, 5) is 0. The smallest absolute Gasteiger partial charge is 0.141 e. The maximum atomic E-state index is 13.3. The van der Waals surface area contributed by atoms with E-state index < -0.39 is 0 Å². The molecule has 0 amide bonds. The van der Waals surface area contributed by atoms with Crippen molar-refractivity contribution in [2.45, 2.75) is 58.4 Å². The van der Waals surface area contributed by atoms with Crippen molar-refractivity contribution in [1.82, 2.24) is 5.32 Å². The van der Waals surface area contributed by atoms with E-state index in [9.17, 15) is 4.39 Å². The van der Waals surface area contributed by atoms with Gasteiger partial charge in [0, 0.05) is 6.04 Å². The fourth-order valence-electron chi connectivity index (χ4n) is 3.53. The fourth-order valence-corrected chi connectivity index (χ4v) is 3.73. The van der Waals surface area contributed by atoms with E-state index in [2.05, 4.69) is 19.2 Å². The van der Waals surface area contributed by atoms with Crippen LogP contribution < -0.4 is 5.32 Å². The van der Waals surface area contributed by atoms with Gasteiger partial charge in [0.05, 0.1) is 5.02 Å². The summed E-state index contributed by atoms with van der Waals surface area (Å²) in [7, 11) is 0. The van der Waals surface area contributed by atoms with Crippen LogP contribution in [0.15, 0.2) is 18.2 Å². The predicted molar refractivity (Wildman–Crippen MR) is 88.3 cm³/mol. The molecule has 0 aromatic heterocycles. The molecule has 1 nitrogen and oxygen atoms in total. The van der Waals surface area contributed by atoms with E-state index in [0.29, 0.717) is 12.0 Å². The largest absolute Gasteiger partial charge is 0.314 e. The lowest BCUT2D eigenvalue weighted by Gasteiger charge is -2.37. The topological polar surface area (TPSA) is 12.0 Å². The lowest BCUT2D eigenvalue weighted by Crippen LogP contribution is -2.41. The first kappa shape index (κ1) is 16.8. The highest BCUT2D eigenvalue weighted by molar-refractivity contribution is 6.30. The van der Waals surface area contributed by atoms with E-state index in [-0.39, 0.29) is 10.8 Å². The van der Waals surface area contributed by atoms with Crippen LogP contribution in [-0.4, -0.2) is 12.6 Å². The molecule has 21 heavy (non-hydrogen) atoms. The molecular formula is C18H27ClFN. The van der Waals surface area contributed by atoms with Gasteiger partial charge in [-0.25, -0.2) is 4.39 Å². The van der Waals surface area contributed by atoms with Crippen LogP contribution in [0.1, 0.15) is 51.5 Å². The lowest BCUT2D eigenvalue weighted by molar-refractivity contribution is 0.198. The van der Waals surface area contributed by atoms with Gasteiger partial charge >= 0.3 is 0 Å². The Bertz CT molecular complexity index is 449. The summed E-state index contributed by atoms with van der Waals surface area (Å²) in [5.74, 6) is 1.15. The van der Waals surface area contributed by atoms with Crippen molar-refractivity contribution in [3.05, 3.63) is 34.6 Å². The second-order valence-corrected chi connectivity index (χ2v) is 6.77. The van der Waals surface area contributed by atoms with Gasteiger partial charge in [-0.05, 0) is 68.2 Å². The molecule has 0 heterocycles. The molecule has 1 aromatic carbocycles. The minimum absolute atomic E-state index is 0.244. The Morgan fingerprint density at radius 2 is 2.10 bits per heavy atom. The van der Waals surface area contributed by atoms with E-state index in [1.807, 2.05) is 6.07 Å². The van der Waals surface area contributed by atoms with Gasteiger partial charge in [0.25, 0.3) is 0 Å². The highest BCUT2D eigenvalue weighted by Gasteiger charge is 2.29. The molecule has 0 radical (unpaired) electrons. The predicted octanol–water partition coefficient (Wildman–Crippen LogP) is 5.22. The van der Waals surface area contributed by atoms with Gasteiger partial charge in [-0.3, -0.25) is 0 Å². The third-order valence-corrected chi connectivity index (χ3v) is 5.10. The van der Waals surface area contributed by atoms with Gasteiger partial charge in [0.15, 0.2) is 0 Å². The number of hydrogen-bond acceptors (Lipinski definition) is 1. The van der Waals surface area contributed by atoms with Crippen molar-refractivity contribution in [3.8, 4) is 0 Å². The molecule has 0 aliphatic heterocycles. The molecule has 0 saturated heterocycles. The number of halogens is 2. The Labute approximate surface area is 133 Å². The van der Waals surface area contributed by atoms with Crippen molar-refractivity contribution in [2.24, 2.45) is 11.8 Å². The maximum absolute atomic E-state index is 13.3. The molecule has 0 spiro atoms. The summed E-state index contributed by atoms with van der Waals surface area (Å²) in [6, 6.07) is 5.76. The van der Waals surface area contributed by atoms with Crippen LogP contribution in [-0.2, 0) is 6.42 Å². The summed E-state index contributed by atoms with van der Waals surface area (Å²) in [5.41, 5.74) is 1.16. The Morgan fingerprint density at radius 1 is 1.29 bits per heavy atom. The Hall–Kier alpha value is -0.600. The molecule has 1 fully saturated rings. The highest BCUT2D eigenvalue weighted by atomic mass is 35.5. The minimum atomic E-state index is -0.323. The number of rotatable bonds is 6. The highest BCUT2D eigenvalue weighted by Crippen LogP contribution is 2.34. The molecule has 0 bridgehead atoms. The van der Waals surface area contributed by atoms with E-state index in [4.69, 9.17) is 11.6 Å². The molecule has 2 rings (SSSR count). The summed E-state index contributed by atoms with van der Waals surface area (Å²) >= 11 is 5.92. The van der Waals surface area contributed by atoms with E-state index >= 15 is 0 Å². The zero-order valence-electron chi connectivity index (χ0n) is 13.2. The van der Waals surface area contributed by atoms with Crippen LogP contribution in [0.4, 0.5) is 4.39 Å². The fraction of sp³-hybridized carbons (Fsp3) is 0.667. The number of hydrogen-bond donors (Lipinski definition) is 1. The Kier molecular flexibility index (Phi) is 6.50. The first-order valence-electron chi connectivity index (χ1n) is 8.31. The molecule has 1 aliphatic carbocycles. The summed E-state index contributed by atoms with van der Waals surface area (Å²) in [5, 5.41) is 3.95. The number of nitrogens with one attached hydrogen (secondary N) is 1. The third-order valence-electron chi connectivity index (χ3n) is 4.81. The van der Waals surface area contributed by atoms with Crippen LogP contribution in [0.2, 0.25) is 5.02 Å². The third kappa shape index (κ3) is 4.69. The second kappa shape index (κ2) is 8.14. The first-order chi connectivity index (χ1) is 10.1. The van der Waals surface area contributed by atoms with E-state index in [1.165, 1.54) is 38.2 Å². The molecule has 3 atom stereocenters. The zero-order chi connectivity index (χ0) is 15.2. The van der Waals surface area contributed by atoms with E-state index in [1.54, 1.807) is 6.07 Å². The normalized spacial score (nSPS) is 26.0. The molecule has 1 saturated carbocycles. The Morgan fingerprint density at radius 3 is 2.76 bits per heavy atom. The average molecular weight is 312 g/mol. The van der Waals surface area contributed by atoms with Gasteiger partial charge < -0.3 is 5.32 Å². The van der Waals surface area contributed by atoms with Gasteiger partial charge in [-0.1, -0.05) is 37.9 Å². The summed E-state index contributed by atoms with van der Waals surface area (Å²) < 4.78 is 13.3. The number of benzene rings is 1. The van der Waals surface area contributed by atoms with Crippen LogP contribution >= 0.6 is 11.6 Å². The minimum Gasteiger partial charge on any atom is -0.314 e. The average Bonchev–Trinajstić information content (AvgIpc) is 2.49. The lowest BCUT2D eigenvalue weighted by atomic mass is 9.74. The van der Waals surface area contributed by atoms with Crippen LogP contribution in [0, 0.1) is 17.7 Å². The molecular weight excluding hydrogens is 285 g/mol. The molecule has 1 aromatic rings. The zero-order valence-corrected chi connectivity index (χ0v) is 13.9. The van der Waals surface area contributed by atoms with Crippen LogP contribution in [0.5, 0.6) is 0 Å². The van der Waals surface area contributed by atoms with Gasteiger partial charge in [0.1, 0.15) is 5.82 Å². The Balaban J connectivity index is 2.05. The standard InChI is InChI=1S/C18H27ClFN/c1-3-9-21-18-8-6-13(4-2)10-15(18)11-14-5-7-17(20)16(19)12-14/h5,7,12-13,15,18,21H,3-4,6,8-11H2,1-2H3. The van der Waals surface area contributed by atoms with Crippen molar-refractivity contribution in [3.63, 3.8) is 0 Å². The van der Waals surface area contributed by atoms with Gasteiger partial charge in [-0.2, -0.15) is 0 Å². The van der Waals surface area contributed by atoms with Crippen LogP contribution in [0.25, 0.3) is 0 Å². The molecule has 3 unspecified atom stereocenters. The van der Waals surface area contributed by atoms with Crippen LogP contribution in [0.3, 0.4) is 0 Å². The monoisotopic (exact) mass is 311 g/mol. The molecule has 1 N–H and O–H groups in total. The van der Waals surface area contributed by atoms with Crippen molar-refractivity contribution < 1.29 is 4.39 Å². The second-order valence-electron chi connectivity index (χ2n) is 6.36. The van der Waals surface area contributed by atoms with Crippen molar-refractivity contribution >= 4 is 11.6 Å². The van der Waals surface area contributed by atoms with Crippen molar-refractivity contribution in [2.75, 3.05) is 6.54 Å². The quantitative estimate of drug-likeness (QED) is 0.760. The van der Waals surface area contributed by atoms with Gasteiger partial charge in [0.2, 0.25) is 0 Å². The molecule has 1 aliphatic rings. The first-order valence-corrected chi connectivity index (χ1v) is 8.69. The molecule has 3 heteroatoms. The van der Waals surface area contributed by atoms with Crippen molar-refractivity contribution in [1.29, 1.82) is 0 Å². The summed E-state index contributed by atoms with van der Waals surface area (Å²) in [6.45, 7) is 5.58. The van der Waals surface area contributed by atoms with Gasteiger partial charge in [-0.15, -0.1) is 0 Å². The maximum Gasteiger partial charge on any atom is 0.141 e.